The Morgan fingerprint density at radius 2 is 1.47 bits per heavy atom. The number of piperazine rings is 1. The van der Waals surface area contributed by atoms with E-state index in [2.05, 4.69) is 48.4 Å². The zero-order chi connectivity index (χ0) is 23.2. The summed E-state index contributed by atoms with van der Waals surface area (Å²) in [5.41, 5.74) is 8.33. The van der Waals surface area contributed by atoms with Crippen LogP contribution in [0.4, 0.5) is 5.13 Å². The first kappa shape index (κ1) is 23.0. The number of rotatable bonds is 4. The van der Waals surface area contributed by atoms with Crippen LogP contribution in [0.2, 0.25) is 0 Å². The van der Waals surface area contributed by atoms with Crippen molar-refractivity contribution in [3.63, 3.8) is 0 Å². The van der Waals surface area contributed by atoms with Gasteiger partial charge in [0.1, 0.15) is 0 Å². The lowest BCUT2D eigenvalue weighted by molar-refractivity contribution is 0.384. The normalized spacial score (nSPS) is 15.4. The van der Waals surface area contributed by atoms with Gasteiger partial charge in [0.2, 0.25) is 10.0 Å². The van der Waals surface area contributed by atoms with Gasteiger partial charge in [-0.15, -0.1) is 11.3 Å². The Morgan fingerprint density at radius 3 is 2.09 bits per heavy atom. The lowest BCUT2D eigenvalue weighted by Gasteiger charge is -2.34. The van der Waals surface area contributed by atoms with Gasteiger partial charge in [-0.2, -0.15) is 4.31 Å². The predicted molar refractivity (Wildman–Crippen MR) is 133 cm³/mol. The van der Waals surface area contributed by atoms with E-state index in [0.717, 1.165) is 38.6 Å². The second-order valence-corrected chi connectivity index (χ2v) is 11.5. The summed E-state index contributed by atoms with van der Waals surface area (Å²) in [5.74, 6) is 0. The Kier molecular flexibility index (Phi) is 6.18. The van der Waals surface area contributed by atoms with Gasteiger partial charge in [-0.1, -0.05) is 23.8 Å². The van der Waals surface area contributed by atoms with Crippen molar-refractivity contribution >= 4 is 26.5 Å². The molecular weight excluding hydrogens is 438 g/mol. The van der Waals surface area contributed by atoms with Gasteiger partial charge < -0.3 is 4.90 Å². The van der Waals surface area contributed by atoms with Crippen LogP contribution < -0.4 is 4.90 Å². The van der Waals surface area contributed by atoms with E-state index in [1.165, 1.54) is 11.1 Å². The molecule has 0 unspecified atom stereocenters. The molecule has 7 heteroatoms. The molecule has 1 aliphatic rings. The molecule has 4 rings (SSSR count). The average Bonchev–Trinajstić information content (AvgIpc) is 3.24. The molecule has 0 amide bonds. The Labute approximate surface area is 195 Å². The average molecular weight is 470 g/mol. The molecule has 170 valence electrons. The molecule has 2 aromatic carbocycles. The van der Waals surface area contributed by atoms with Crippen molar-refractivity contribution in [1.82, 2.24) is 9.29 Å². The number of anilines is 1. The Hall–Kier alpha value is -2.22. The third-order valence-electron chi connectivity index (χ3n) is 6.57. The summed E-state index contributed by atoms with van der Waals surface area (Å²) in [6.07, 6.45) is 0. The maximum atomic E-state index is 13.5. The summed E-state index contributed by atoms with van der Waals surface area (Å²) in [4.78, 5) is 7.56. The van der Waals surface area contributed by atoms with Crippen LogP contribution in [0, 0.1) is 41.5 Å². The fourth-order valence-electron chi connectivity index (χ4n) is 4.36. The van der Waals surface area contributed by atoms with Crippen molar-refractivity contribution in [3.05, 3.63) is 63.0 Å². The van der Waals surface area contributed by atoms with Gasteiger partial charge in [-0.05, 0) is 75.4 Å². The van der Waals surface area contributed by atoms with Gasteiger partial charge >= 0.3 is 0 Å². The first-order valence-corrected chi connectivity index (χ1v) is 13.3. The van der Waals surface area contributed by atoms with Crippen LogP contribution in [0.25, 0.3) is 11.3 Å². The topological polar surface area (TPSA) is 53.5 Å². The molecular formula is C25H31N3O2S2. The molecule has 0 bridgehead atoms. The number of aryl methyl sites for hydroxylation is 4. The van der Waals surface area contributed by atoms with Crippen molar-refractivity contribution in [3.8, 4) is 11.3 Å². The van der Waals surface area contributed by atoms with E-state index in [0.29, 0.717) is 31.1 Å². The van der Waals surface area contributed by atoms with E-state index >= 15 is 0 Å². The predicted octanol–water partition coefficient (Wildman–Crippen LogP) is 5.17. The highest BCUT2D eigenvalue weighted by molar-refractivity contribution is 7.89. The van der Waals surface area contributed by atoms with Gasteiger partial charge in [-0.25, -0.2) is 13.4 Å². The van der Waals surface area contributed by atoms with E-state index < -0.39 is 10.0 Å². The summed E-state index contributed by atoms with van der Waals surface area (Å²) in [6, 6.07) is 8.49. The van der Waals surface area contributed by atoms with Gasteiger partial charge in [0.25, 0.3) is 0 Å². The molecule has 0 aliphatic carbocycles. The largest absolute Gasteiger partial charge is 0.345 e. The highest BCUT2D eigenvalue weighted by Gasteiger charge is 2.32. The van der Waals surface area contributed by atoms with Crippen molar-refractivity contribution in [1.29, 1.82) is 0 Å². The highest BCUT2D eigenvalue weighted by Crippen LogP contribution is 2.32. The van der Waals surface area contributed by atoms with Crippen LogP contribution >= 0.6 is 11.3 Å². The Balaban J connectivity index is 1.53. The van der Waals surface area contributed by atoms with Gasteiger partial charge in [0.05, 0.1) is 10.6 Å². The highest BCUT2D eigenvalue weighted by atomic mass is 32.2. The zero-order valence-electron chi connectivity index (χ0n) is 19.7. The fourth-order valence-corrected chi connectivity index (χ4v) is 7.24. The van der Waals surface area contributed by atoms with E-state index in [1.807, 2.05) is 27.7 Å². The minimum Gasteiger partial charge on any atom is -0.345 e. The third kappa shape index (κ3) is 4.09. The van der Waals surface area contributed by atoms with Crippen molar-refractivity contribution in [2.24, 2.45) is 0 Å². The minimum absolute atomic E-state index is 0.465. The molecule has 2 heterocycles. The molecule has 1 saturated heterocycles. The van der Waals surface area contributed by atoms with Crippen LogP contribution in [0.3, 0.4) is 0 Å². The molecule has 0 radical (unpaired) electrons. The monoisotopic (exact) mass is 469 g/mol. The summed E-state index contributed by atoms with van der Waals surface area (Å²) in [5, 5.41) is 3.05. The molecule has 0 N–H and O–H groups in total. The Morgan fingerprint density at radius 1 is 0.844 bits per heavy atom. The maximum Gasteiger partial charge on any atom is 0.243 e. The first-order chi connectivity index (χ1) is 15.1. The van der Waals surface area contributed by atoms with Crippen LogP contribution in [-0.2, 0) is 10.0 Å². The van der Waals surface area contributed by atoms with Crippen LogP contribution in [-0.4, -0.2) is 43.9 Å². The van der Waals surface area contributed by atoms with Crippen molar-refractivity contribution in [2.75, 3.05) is 31.1 Å². The van der Waals surface area contributed by atoms with Gasteiger partial charge in [0, 0.05) is 37.1 Å². The van der Waals surface area contributed by atoms with E-state index in [9.17, 15) is 8.42 Å². The minimum atomic E-state index is -3.53. The van der Waals surface area contributed by atoms with Gasteiger partial charge in [0.15, 0.2) is 5.13 Å². The zero-order valence-corrected chi connectivity index (χ0v) is 21.3. The van der Waals surface area contributed by atoms with Gasteiger partial charge in [-0.3, -0.25) is 0 Å². The molecule has 32 heavy (non-hydrogen) atoms. The molecule has 1 fully saturated rings. The molecule has 0 atom stereocenters. The number of aromatic nitrogens is 1. The lowest BCUT2D eigenvalue weighted by Crippen LogP contribution is -2.49. The molecule has 1 aromatic heterocycles. The number of nitrogens with zero attached hydrogens (tertiary/aromatic N) is 3. The third-order valence-corrected chi connectivity index (χ3v) is 9.64. The molecule has 1 aliphatic heterocycles. The summed E-state index contributed by atoms with van der Waals surface area (Å²) in [6.45, 7) is 14.2. The van der Waals surface area contributed by atoms with Crippen LogP contribution in [0.5, 0.6) is 0 Å². The lowest BCUT2D eigenvalue weighted by atomic mass is 10.0. The molecule has 0 saturated carbocycles. The number of hydrogen-bond donors (Lipinski definition) is 0. The number of sulfonamides is 1. The molecule has 3 aromatic rings. The maximum absolute atomic E-state index is 13.5. The van der Waals surface area contributed by atoms with E-state index in [-0.39, 0.29) is 0 Å². The molecule has 0 spiro atoms. The second kappa shape index (κ2) is 8.61. The summed E-state index contributed by atoms with van der Waals surface area (Å²) < 4.78 is 28.7. The van der Waals surface area contributed by atoms with Crippen molar-refractivity contribution < 1.29 is 8.42 Å². The van der Waals surface area contributed by atoms with Crippen LogP contribution in [0.1, 0.15) is 33.4 Å². The Bertz CT molecular complexity index is 1240. The molecule has 5 nitrogen and oxygen atoms in total. The summed E-state index contributed by atoms with van der Waals surface area (Å²) >= 11 is 1.63. The quantitative estimate of drug-likeness (QED) is 0.529. The van der Waals surface area contributed by atoms with E-state index in [1.54, 1.807) is 15.6 Å². The van der Waals surface area contributed by atoms with Crippen LogP contribution in [0.15, 0.2) is 34.5 Å². The van der Waals surface area contributed by atoms with Crippen molar-refractivity contribution in [2.45, 2.75) is 46.4 Å². The number of benzene rings is 2. The standard InChI is InChI=1S/C25H31N3O2S2/c1-16-7-8-17(2)22(13-16)23-15-31-25(26-23)27-9-11-28(12-10-27)32(29,30)24-20(5)18(3)14-19(4)21(24)6/h7-8,13-15H,9-12H2,1-6H3. The SMILES string of the molecule is Cc1ccc(C)c(-c2csc(N3CCN(S(=O)(=O)c4c(C)c(C)cc(C)c4C)CC3)n2)c1. The number of hydrogen-bond acceptors (Lipinski definition) is 5. The van der Waals surface area contributed by atoms with E-state index in [4.69, 9.17) is 4.98 Å². The smallest absolute Gasteiger partial charge is 0.243 e. The first-order valence-electron chi connectivity index (χ1n) is 10.9. The second-order valence-electron chi connectivity index (χ2n) is 8.81. The number of thiazole rings is 1. The fraction of sp³-hybridized carbons (Fsp3) is 0.400. The summed E-state index contributed by atoms with van der Waals surface area (Å²) in [7, 11) is -3.53.